The lowest BCUT2D eigenvalue weighted by atomic mass is 10.0. The monoisotopic (exact) mass is 288 g/mol. The van der Waals surface area contributed by atoms with Crippen LogP contribution in [0.3, 0.4) is 0 Å². The van der Waals surface area contributed by atoms with Gasteiger partial charge in [0.25, 0.3) is 0 Å². The van der Waals surface area contributed by atoms with Gasteiger partial charge in [0.05, 0.1) is 4.90 Å². The molecule has 0 aliphatic rings. The van der Waals surface area contributed by atoms with Gasteiger partial charge in [-0.2, -0.15) is 0 Å². The fourth-order valence-corrected chi connectivity index (χ4v) is 2.63. The summed E-state index contributed by atoms with van der Waals surface area (Å²) in [6, 6.07) is 13.9. The summed E-state index contributed by atoms with van der Waals surface area (Å²) in [7, 11) is -3.22. The molecule has 20 heavy (non-hydrogen) atoms. The third kappa shape index (κ3) is 3.54. The molecule has 0 saturated heterocycles. The van der Waals surface area contributed by atoms with Crippen molar-refractivity contribution in [1.82, 2.24) is 0 Å². The summed E-state index contributed by atoms with van der Waals surface area (Å²) in [6.45, 7) is 1.98. The van der Waals surface area contributed by atoms with Crippen molar-refractivity contribution in [3.05, 3.63) is 65.2 Å². The highest BCUT2D eigenvalue weighted by Gasteiger charge is 2.10. The SMILES string of the molecule is Cc1cccc(CC(=O)c2ccc(S(C)(=O)=O)cc2)c1. The highest BCUT2D eigenvalue weighted by atomic mass is 32.2. The summed E-state index contributed by atoms with van der Waals surface area (Å²) < 4.78 is 22.7. The molecule has 2 aromatic rings. The molecule has 4 heteroatoms. The molecule has 3 nitrogen and oxygen atoms in total. The first-order valence-corrected chi connectivity index (χ1v) is 8.14. The van der Waals surface area contributed by atoms with E-state index in [4.69, 9.17) is 0 Å². The second kappa shape index (κ2) is 5.59. The van der Waals surface area contributed by atoms with E-state index in [0.29, 0.717) is 12.0 Å². The van der Waals surface area contributed by atoms with Crippen molar-refractivity contribution in [2.75, 3.05) is 6.26 Å². The van der Waals surface area contributed by atoms with Crippen LogP contribution in [0.15, 0.2) is 53.4 Å². The number of sulfone groups is 1. The Labute approximate surface area is 119 Å². The number of hydrogen-bond acceptors (Lipinski definition) is 3. The summed E-state index contributed by atoms with van der Waals surface area (Å²) in [5, 5.41) is 0. The highest BCUT2D eigenvalue weighted by molar-refractivity contribution is 7.90. The Kier molecular flexibility index (Phi) is 4.04. The molecule has 0 aliphatic heterocycles. The molecule has 2 aromatic carbocycles. The number of aryl methyl sites for hydroxylation is 1. The van der Waals surface area contributed by atoms with Crippen LogP contribution in [0.4, 0.5) is 0 Å². The Balaban J connectivity index is 2.18. The Morgan fingerprint density at radius 1 is 1.05 bits per heavy atom. The van der Waals surface area contributed by atoms with Crippen molar-refractivity contribution in [3.63, 3.8) is 0 Å². The zero-order valence-electron chi connectivity index (χ0n) is 11.5. The smallest absolute Gasteiger partial charge is 0.175 e. The number of benzene rings is 2. The normalized spacial score (nSPS) is 11.3. The predicted molar refractivity (Wildman–Crippen MR) is 78.8 cm³/mol. The van der Waals surface area contributed by atoms with Gasteiger partial charge < -0.3 is 0 Å². The van der Waals surface area contributed by atoms with Crippen LogP contribution in [0.1, 0.15) is 21.5 Å². The van der Waals surface area contributed by atoms with Gasteiger partial charge in [-0.15, -0.1) is 0 Å². The molecule has 0 aliphatic carbocycles. The predicted octanol–water partition coefficient (Wildman–Crippen LogP) is 2.82. The minimum absolute atomic E-state index is 0.0179. The van der Waals surface area contributed by atoms with E-state index in [9.17, 15) is 13.2 Å². The largest absolute Gasteiger partial charge is 0.294 e. The summed E-state index contributed by atoms with van der Waals surface area (Å²) >= 11 is 0. The lowest BCUT2D eigenvalue weighted by Crippen LogP contribution is -2.04. The zero-order chi connectivity index (χ0) is 14.8. The molecule has 0 amide bonds. The fraction of sp³-hybridized carbons (Fsp3) is 0.188. The average Bonchev–Trinajstić information content (AvgIpc) is 2.38. The molecule has 0 unspecified atom stereocenters. The second-order valence-electron chi connectivity index (χ2n) is 4.89. The minimum Gasteiger partial charge on any atom is -0.294 e. The van der Waals surface area contributed by atoms with Crippen LogP contribution in [0.2, 0.25) is 0 Å². The summed E-state index contributed by atoms with van der Waals surface area (Å²) in [5.74, 6) is -0.0179. The van der Waals surface area contributed by atoms with Crippen molar-refractivity contribution < 1.29 is 13.2 Å². The van der Waals surface area contributed by atoms with Crippen LogP contribution in [-0.4, -0.2) is 20.5 Å². The highest BCUT2D eigenvalue weighted by Crippen LogP contribution is 2.13. The molecule has 104 valence electrons. The van der Waals surface area contributed by atoms with E-state index in [0.717, 1.165) is 17.4 Å². The van der Waals surface area contributed by atoms with Crippen LogP contribution in [0.5, 0.6) is 0 Å². The Morgan fingerprint density at radius 2 is 1.70 bits per heavy atom. The van der Waals surface area contributed by atoms with Gasteiger partial charge >= 0.3 is 0 Å². The van der Waals surface area contributed by atoms with Crippen molar-refractivity contribution >= 4 is 15.6 Å². The van der Waals surface area contributed by atoms with E-state index in [1.165, 1.54) is 12.1 Å². The van der Waals surface area contributed by atoms with Gasteiger partial charge in [-0.05, 0) is 24.6 Å². The van der Waals surface area contributed by atoms with E-state index in [1.807, 2.05) is 31.2 Å². The molecular formula is C16H16O3S. The van der Waals surface area contributed by atoms with Crippen molar-refractivity contribution in [1.29, 1.82) is 0 Å². The summed E-state index contributed by atoms with van der Waals surface area (Å²) in [6.07, 6.45) is 1.47. The number of ketones is 1. The molecular weight excluding hydrogens is 272 g/mol. The maximum atomic E-state index is 12.1. The topological polar surface area (TPSA) is 51.2 Å². The number of hydrogen-bond donors (Lipinski definition) is 0. The molecule has 0 N–H and O–H groups in total. The fourth-order valence-electron chi connectivity index (χ4n) is 2.00. The van der Waals surface area contributed by atoms with E-state index >= 15 is 0 Å². The lowest BCUT2D eigenvalue weighted by Gasteiger charge is -2.04. The molecule has 0 fully saturated rings. The van der Waals surface area contributed by atoms with Crippen LogP contribution >= 0.6 is 0 Å². The summed E-state index contributed by atoms with van der Waals surface area (Å²) in [4.78, 5) is 12.4. The van der Waals surface area contributed by atoms with E-state index in [-0.39, 0.29) is 10.7 Å². The molecule has 0 bridgehead atoms. The number of carbonyl (C=O) groups excluding carboxylic acids is 1. The molecule has 0 atom stereocenters. The third-order valence-electron chi connectivity index (χ3n) is 3.05. The standard InChI is InChI=1S/C16H16O3S/c1-12-4-3-5-13(10-12)11-16(17)14-6-8-15(9-7-14)20(2,18)19/h3-10H,11H2,1-2H3. The zero-order valence-corrected chi connectivity index (χ0v) is 12.3. The Bertz CT molecular complexity index is 729. The Hall–Kier alpha value is -1.94. The molecule has 0 spiro atoms. The summed E-state index contributed by atoms with van der Waals surface area (Å²) in [5.41, 5.74) is 2.60. The van der Waals surface area contributed by atoms with Gasteiger partial charge in [-0.3, -0.25) is 4.79 Å². The van der Waals surface area contributed by atoms with Gasteiger partial charge in [0.15, 0.2) is 15.6 Å². The van der Waals surface area contributed by atoms with E-state index in [2.05, 4.69) is 0 Å². The van der Waals surface area contributed by atoms with Gasteiger partial charge in [0.1, 0.15) is 0 Å². The first-order chi connectivity index (χ1) is 9.36. The molecule has 0 radical (unpaired) electrons. The minimum atomic E-state index is -3.22. The number of rotatable bonds is 4. The lowest BCUT2D eigenvalue weighted by molar-refractivity contribution is 0.0993. The molecule has 0 aromatic heterocycles. The van der Waals surface area contributed by atoms with Crippen molar-refractivity contribution in [2.45, 2.75) is 18.2 Å². The Morgan fingerprint density at radius 3 is 2.25 bits per heavy atom. The van der Waals surface area contributed by atoms with Crippen molar-refractivity contribution in [3.8, 4) is 0 Å². The van der Waals surface area contributed by atoms with E-state index < -0.39 is 9.84 Å². The second-order valence-corrected chi connectivity index (χ2v) is 6.90. The van der Waals surface area contributed by atoms with E-state index in [1.54, 1.807) is 12.1 Å². The number of carbonyl (C=O) groups is 1. The first-order valence-electron chi connectivity index (χ1n) is 6.25. The van der Waals surface area contributed by atoms with Gasteiger partial charge in [-0.25, -0.2) is 8.42 Å². The van der Waals surface area contributed by atoms with Crippen molar-refractivity contribution in [2.24, 2.45) is 0 Å². The van der Waals surface area contributed by atoms with Crippen LogP contribution in [0.25, 0.3) is 0 Å². The van der Waals surface area contributed by atoms with Crippen LogP contribution in [-0.2, 0) is 16.3 Å². The molecule has 0 saturated carbocycles. The third-order valence-corrected chi connectivity index (χ3v) is 4.18. The quantitative estimate of drug-likeness (QED) is 0.813. The molecule has 0 heterocycles. The number of Topliss-reactive ketones (excluding diaryl/α,β-unsaturated/α-hetero) is 1. The van der Waals surface area contributed by atoms with Gasteiger partial charge in [0, 0.05) is 18.2 Å². The molecule has 2 rings (SSSR count). The maximum Gasteiger partial charge on any atom is 0.175 e. The first kappa shape index (κ1) is 14.5. The van der Waals surface area contributed by atoms with Crippen LogP contribution in [0, 0.1) is 6.92 Å². The van der Waals surface area contributed by atoms with Gasteiger partial charge in [0.2, 0.25) is 0 Å². The average molecular weight is 288 g/mol. The maximum absolute atomic E-state index is 12.1. The van der Waals surface area contributed by atoms with Crippen LogP contribution < -0.4 is 0 Å². The van der Waals surface area contributed by atoms with Gasteiger partial charge in [-0.1, -0.05) is 42.0 Å².